The van der Waals surface area contributed by atoms with Crippen molar-refractivity contribution in [1.82, 2.24) is 0 Å². The third-order valence-corrected chi connectivity index (χ3v) is 3.83. The molecule has 138 valence electrons. The first-order valence-electron chi connectivity index (χ1n) is 8.35. The molecule has 0 unspecified atom stereocenters. The minimum absolute atomic E-state index is 0.0650. The summed E-state index contributed by atoms with van der Waals surface area (Å²) in [6.07, 6.45) is -2.07. The van der Waals surface area contributed by atoms with Gasteiger partial charge in [0.15, 0.2) is 0 Å². The Morgan fingerprint density at radius 3 is 2.08 bits per heavy atom. The second kappa shape index (κ2) is 11.3. The van der Waals surface area contributed by atoms with Crippen molar-refractivity contribution in [2.45, 2.75) is 31.5 Å². The van der Waals surface area contributed by atoms with E-state index in [0.717, 1.165) is 11.1 Å². The quantitative estimate of drug-likeness (QED) is 0.366. The summed E-state index contributed by atoms with van der Waals surface area (Å²) in [5.41, 5.74) is 10.7. The van der Waals surface area contributed by atoms with Gasteiger partial charge in [0, 0.05) is 4.91 Å². The zero-order valence-electron chi connectivity index (χ0n) is 14.4. The molecule has 7 heteroatoms. The van der Waals surface area contributed by atoms with Crippen LogP contribution in [0.15, 0.2) is 65.8 Å². The molecule has 0 spiro atoms. The molecule has 2 N–H and O–H groups in total. The number of nitrogens with zero attached hydrogens (tertiary/aromatic N) is 3. The second-order valence-corrected chi connectivity index (χ2v) is 5.78. The first-order chi connectivity index (χ1) is 12.7. The van der Waals surface area contributed by atoms with Crippen molar-refractivity contribution in [3.63, 3.8) is 0 Å². The van der Waals surface area contributed by atoms with Crippen LogP contribution in [0.2, 0.25) is 0 Å². The van der Waals surface area contributed by atoms with Crippen LogP contribution in [-0.4, -0.2) is 41.7 Å². The Labute approximate surface area is 152 Å². The lowest BCUT2D eigenvalue weighted by atomic mass is 10.1. The first kappa shape index (κ1) is 19.9. The molecule has 2 aromatic carbocycles. The number of azide groups is 1. The number of hydrogen-bond acceptors (Lipinski definition) is 5. The van der Waals surface area contributed by atoms with Crippen LogP contribution in [0, 0.1) is 0 Å². The maximum absolute atomic E-state index is 10.1. The fraction of sp³-hybridized carbons (Fsp3) is 0.368. The number of aliphatic hydroxyl groups excluding tert-OH is 2. The molecule has 0 aliphatic carbocycles. The molecule has 0 amide bonds. The molecule has 0 aliphatic rings. The summed E-state index contributed by atoms with van der Waals surface area (Å²) in [6, 6.07) is 18.2. The van der Waals surface area contributed by atoms with Crippen LogP contribution in [0.4, 0.5) is 0 Å². The maximum Gasteiger partial charge on any atom is 0.104 e. The lowest BCUT2D eigenvalue weighted by Gasteiger charge is -2.27. The van der Waals surface area contributed by atoms with Gasteiger partial charge in [-0.15, -0.1) is 0 Å². The highest BCUT2D eigenvalue weighted by atomic mass is 16.5. The van der Waals surface area contributed by atoms with E-state index in [2.05, 4.69) is 10.0 Å². The topological polar surface area (TPSA) is 108 Å². The Morgan fingerprint density at radius 2 is 1.54 bits per heavy atom. The monoisotopic (exact) mass is 357 g/mol. The van der Waals surface area contributed by atoms with Crippen molar-refractivity contribution >= 4 is 0 Å². The zero-order valence-corrected chi connectivity index (χ0v) is 14.4. The molecule has 0 heterocycles. The highest BCUT2D eigenvalue weighted by Gasteiger charge is 2.28. The van der Waals surface area contributed by atoms with Gasteiger partial charge in [0.1, 0.15) is 6.10 Å². The lowest BCUT2D eigenvalue weighted by molar-refractivity contribution is -0.0874. The predicted molar refractivity (Wildman–Crippen MR) is 97.1 cm³/mol. The van der Waals surface area contributed by atoms with Crippen molar-refractivity contribution in [1.29, 1.82) is 0 Å². The largest absolute Gasteiger partial charge is 0.394 e. The number of rotatable bonds is 11. The van der Waals surface area contributed by atoms with Gasteiger partial charge in [0.05, 0.1) is 38.6 Å². The van der Waals surface area contributed by atoms with Crippen LogP contribution < -0.4 is 0 Å². The third kappa shape index (κ3) is 6.48. The summed E-state index contributed by atoms with van der Waals surface area (Å²) >= 11 is 0. The number of benzene rings is 2. The van der Waals surface area contributed by atoms with Gasteiger partial charge in [-0.25, -0.2) is 0 Å². The summed E-state index contributed by atoms with van der Waals surface area (Å²) in [5, 5.41) is 23.1. The van der Waals surface area contributed by atoms with Crippen LogP contribution in [0.25, 0.3) is 10.4 Å². The average molecular weight is 357 g/mol. The summed E-state index contributed by atoms with van der Waals surface area (Å²) in [5.74, 6) is 0. The van der Waals surface area contributed by atoms with Gasteiger partial charge in [-0.1, -0.05) is 65.8 Å². The molecule has 0 bridgehead atoms. The van der Waals surface area contributed by atoms with E-state index in [0.29, 0.717) is 6.61 Å². The van der Waals surface area contributed by atoms with Gasteiger partial charge in [-0.05, 0) is 16.7 Å². The standard InChI is InChI=1S/C19H23N3O4/c20-22-21-17(14-25-12-15-7-3-1-4-8-15)19(18(24)11-23)26-13-16-9-5-2-6-10-16/h1-10,17-19,23-24H,11-14H2/t17-,18+,19-/m0/s1. The fourth-order valence-corrected chi connectivity index (χ4v) is 2.48. The van der Waals surface area contributed by atoms with Crippen LogP contribution in [-0.2, 0) is 22.7 Å². The highest BCUT2D eigenvalue weighted by molar-refractivity contribution is 5.14. The molecular formula is C19H23N3O4. The van der Waals surface area contributed by atoms with Gasteiger partial charge in [0.25, 0.3) is 0 Å². The number of hydrogen-bond donors (Lipinski definition) is 2. The Kier molecular flexibility index (Phi) is 8.62. The van der Waals surface area contributed by atoms with E-state index < -0.39 is 24.9 Å². The smallest absolute Gasteiger partial charge is 0.104 e. The second-order valence-electron chi connectivity index (χ2n) is 5.78. The van der Waals surface area contributed by atoms with Gasteiger partial charge >= 0.3 is 0 Å². The molecule has 0 saturated carbocycles. The van der Waals surface area contributed by atoms with Crippen molar-refractivity contribution in [2.75, 3.05) is 13.2 Å². The van der Waals surface area contributed by atoms with Gasteiger partial charge < -0.3 is 19.7 Å². The highest BCUT2D eigenvalue weighted by Crippen LogP contribution is 2.14. The number of aliphatic hydroxyl groups is 2. The van der Waals surface area contributed by atoms with Gasteiger partial charge in [-0.3, -0.25) is 0 Å². The van der Waals surface area contributed by atoms with Crippen LogP contribution in [0.5, 0.6) is 0 Å². The van der Waals surface area contributed by atoms with E-state index in [1.54, 1.807) is 0 Å². The summed E-state index contributed by atoms with van der Waals surface area (Å²) in [6.45, 7) is 0.128. The molecule has 0 fully saturated rings. The van der Waals surface area contributed by atoms with Crippen LogP contribution in [0.3, 0.4) is 0 Å². The fourth-order valence-electron chi connectivity index (χ4n) is 2.48. The SMILES string of the molecule is [N-]=[N+]=N[C@@H](COCc1ccccc1)[C@H](OCc1ccccc1)[C@H](O)CO. The van der Waals surface area contributed by atoms with Crippen molar-refractivity contribution < 1.29 is 19.7 Å². The average Bonchev–Trinajstić information content (AvgIpc) is 2.69. The van der Waals surface area contributed by atoms with Gasteiger partial charge in [0.2, 0.25) is 0 Å². The van der Waals surface area contributed by atoms with Crippen LogP contribution >= 0.6 is 0 Å². The Bertz CT molecular complexity index is 678. The van der Waals surface area contributed by atoms with Crippen molar-refractivity contribution in [2.24, 2.45) is 5.11 Å². The molecule has 0 aromatic heterocycles. The minimum atomic E-state index is -1.19. The molecule has 26 heavy (non-hydrogen) atoms. The molecule has 0 saturated heterocycles. The van der Waals surface area contributed by atoms with E-state index >= 15 is 0 Å². The van der Waals surface area contributed by atoms with E-state index in [1.165, 1.54) is 0 Å². The number of ether oxygens (including phenoxy) is 2. The molecule has 0 radical (unpaired) electrons. The van der Waals surface area contributed by atoms with Gasteiger partial charge in [-0.2, -0.15) is 0 Å². The maximum atomic E-state index is 10.1. The third-order valence-electron chi connectivity index (χ3n) is 3.83. The van der Waals surface area contributed by atoms with E-state index in [-0.39, 0.29) is 13.2 Å². The molecule has 2 rings (SSSR count). The minimum Gasteiger partial charge on any atom is -0.394 e. The Hall–Kier alpha value is -2.41. The van der Waals surface area contributed by atoms with Crippen molar-refractivity contribution in [3.05, 3.63) is 82.2 Å². The molecular weight excluding hydrogens is 334 g/mol. The Morgan fingerprint density at radius 1 is 0.962 bits per heavy atom. The summed E-state index contributed by atoms with van der Waals surface area (Å²) in [7, 11) is 0. The van der Waals surface area contributed by atoms with Crippen LogP contribution in [0.1, 0.15) is 11.1 Å². The van der Waals surface area contributed by atoms with E-state index in [4.69, 9.17) is 15.0 Å². The summed E-state index contributed by atoms with van der Waals surface area (Å²) < 4.78 is 11.4. The normalized spacial score (nSPS) is 14.2. The molecule has 2 aromatic rings. The lowest BCUT2D eigenvalue weighted by Crippen LogP contribution is -2.42. The molecule has 7 nitrogen and oxygen atoms in total. The van der Waals surface area contributed by atoms with E-state index in [9.17, 15) is 10.2 Å². The zero-order chi connectivity index (χ0) is 18.6. The molecule has 3 atom stereocenters. The van der Waals surface area contributed by atoms with E-state index in [1.807, 2.05) is 60.7 Å². The predicted octanol–water partition coefficient (Wildman–Crippen LogP) is 2.82. The first-order valence-corrected chi connectivity index (χ1v) is 8.35. The van der Waals surface area contributed by atoms with Crippen molar-refractivity contribution in [3.8, 4) is 0 Å². The Balaban J connectivity index is 1.98. The summed E-state index contributed by atoms with van der Waals surface area (Å²) in [4.78, 5) is 2.83. The molecule has 0 aliphatic heterocycles.